The Hall–Kier alpha value is -1.13. The average Bonchev–Trinajstić information content (AvgIpc) is 2.32. The molecule has 0 spiro atoms. The second-order valence-electron chi connectivity index (χ2n) is 3.74. The molecule has 0 bridgehead atoms. The van der Waals surface area contributed by atoms with E-state index in [2.05, 4.69) is 15.2 Å². The summed E-state index contributed by atoms with van der Waals surface area (Å²) in [6.07, 6.45) is 2.54. The standard InChI is InChI=1S/C11H17N3O/c15-8-3-10-1-2-11(13-9-10)14-6-4-12-5-7-14/h1-2,9,12,15H,3-8H2. The van der Waals surface area contributed by atoms with Crippen LogP contribution in [-0.4, -0.2) is 42.9 Å². The van der Waals surface area contributed by atoms with E-state index in [9.17, 15) is 0 Å². The van der Waals surface area contributed by atoms with Gasteiger partial charge in [0.1, 0.15) is 5.82 Å². The molecule has 1 aliphatic rings. The molecule has 0 unspecified atom stereocenters. The molecule has 0 saturated carbocycles. The van der Waals surface area contributed by atoms with Gasteiger partial charge < -0.3 is 15.3 Å². The lowest BCUT2D eigenvalue weighted by atomic mass is 10.2. The van der Waals surface area contributed by atoms with Crippen LogP contribution in [0.3, 0.4) is 0 Å². The maximum atomic E-state index is 8.79. The number of aliphatic hydroxyl groups excluding tert-OH is 1. The second kappa shape index (κ2) is 5.09. The van der Waals surface area contributed by atoms with Crippen molar-refractivity contribution in [3.05, 3.63) is 23.9 Å². The highest BCUT2D eigenvalue weighted by atomic mass is 16.2. The number of nitrogens with zero attached hydrogens (tertiary/aromatic N) is 2. The molecule has 4 nitrogen and oxygen atoms in total. The zero-order chi connectivity index (χ0) is 10.5. The van der Waals surface area contributed by atoms with Crippen LogP contribution in [-0.2, 0) is 6.42 Å². The van der Waals surface area contributed by atoms with Crippen molar-refractivity contribution in [2.24, 2.45) is 0 Å². The van der Waals surface area contributed by atoms with Crippen molar-refractivity contribution in [3.8, 4) is 0 Å². The van der Waals surface area contributed by atoms with Crippen LogP contribution in [0.5, 0.6) is 0 Å². The molecule has 2 N–H and O–H groups in total. The third-order valence-corrected chi connectivity index (χ3v) is 2.65. The summed E-state index contributed by atoms with van der Waals surface area (Å²) in [5.41, 5.74) is 1.09. The van der Waals surface area contributed by atoms with Gasteiger partial charge >= 0.3 is 0 Å². The summed E-state index contributed by atoms with van der Waals surface area (Å²) >= 11 is 0. The van der Waals surface area contributed by atoms with Gasteiger partial charge in [-0.15, -0.1) is 0 Å². The van der Waals surface area contributed by atoms with Gasteiger partial charge in [0.25, 0.3) is 0 Å². The Morgan fingerprint density at radius 2 is 2.13 bits per heavy atom. The number of pyridine rings is 1. The normalized spacial score (nSPS) is 16.7. The molecule has 1 saturated heterocycles. The predicted octanol–water partition coefficient (Wildman–Crippen LogP) is 0.0260. The van der Waals surface area contributed by atoms with E-state index in [-0.39, 0.29) is 6.61 Å². The van der Waals surface area contributed by atoms with Gasteiger partial charge in [0.2, 0.25) is 0 Å². The first kappa shape index (κ1) is 10.4. The maximum absolute atomic E-state index is 8.79. The monoisotopic (exact) mass is 207 g/mol. The number of rotatable bonds is 3. The third kappa shape index (κ3) is 2.67. The van der Waals surface area contributed by atoms with E-state index in [1.807, 2.05) is 18.3 Å². The first-order chi connectivity index (χ1) is 7.40. The fourth-order valence-corrected chi connectivity index (χ4v) is 1.77. The molecule has 0 radical (unpaired) electrons. The number of aliphatic hydroxyl groups is 1. The van der Waals surface area contributed by atoms with Crippen molar-refractivity contribution < 1.29 is 5.11 Å². The van der Waals surface area contributed by atoms with Crippen LogP contribution in [0.4, 0.5) is 5.82 Å². The number of piperazine rings is 1. The largest absolute Gasteiger partial charge is 0.396 e. The fraction of sp³-hybridized carbons (Fsp3) is 0.545. The van der Waals surface area contributed by atoms with E-state index in [0.717, 1.165) is 37.6 Å². The van der Waals surface area contributed by atoms with Crippen molar-refractivity contribution in [2.75, 3.05) is 37.7 Å². The molecule has 1 fully saturated rings. The molecule has 1 aliphatic heterocycles. The van der Waals surface area contributed by atoms with Gasteiger partial charge in [-0.1, -0.05) is 6.07 Å². The Kier molecular flexibility index (Phi) is 3.53. The van der Waals surface area contributed by atoms with Crippen LogP contribution >= 0.6 is 0 Å². The molecule has 1 aromatic heterocycles. The van der Waals surface area contributed by atoms with Crippen molar-refractivity contribution in [1.82, 2.24) is 10.3 Å². The minimum Gasteiger partial charge on any atom is -0.396 e. The minimum absolute atomic E-state index is 0.189. The van der Waals surface area contributed by atoms with Crippen LogP contribution in [0.2, 0.25) is 0 Å². The van der Waals surface area contributed by atoms with Crippen LogP contribution in [0, 0.1) is 0 Å². The topological polar surface area (TPSA) is 48.4 Å². The Labute approximate surface area is 89.9 Å². The molecule has 82 valence electrons. The summed E-state index contributed by atoms with van der Waals surface area (Å²) in [5.74, 6) is 1.04. The molecular formula is C11H17N3O. The molecule has 0 aliphatic carbocycles. The summed E-state index contributed by atoms with van der Waals surface area (Å²) in [5, 5.41) is 12.1. The number of hydrogen-bond donors (Lipinski definition) is 2. The quantitative estimate of drug-likeness (QED) is 0.734. The van der Waals surface area contributed by atoms with Gasteiger partial charge in [0.15, 0.2) is 0 Å². The molecule has 15 heavy (non-hydrogen) atoms. The van der Waals surface area contributed by atoms with Crippen LogP contribution < -0.4 is 10.2 Å². The lowest BCUT2D eigenvalue weighted by Gasteiger charge is -2.28. The summed E-state index contributed by atoms with van der Waals surface area (Å²) < 4.78 is 0. The molecule has 0 atom stereocenters. The molecule has 0 amide bonds. The van der Waals surface area contributed by atoms with Crippen molar-refractivity contribution in [1.29, 1.82) is 0 Å². The first-order valence-corrected chi connectivity index (χ1v) is 5.41. The Bertz CT molecular complexity index is 293. The summed E-state index contributed by atoms with van der Waals surface area (Å²) in [4.78, 5) is 6.69. The van der Waals surface area contributed by atoms with E-state index < -0.39 is 0 Å². The molecule has 2 rings (SSSR count). The Morgan fingerprint density at radius 3 is 2.73 bits per heavy atom. The van der Waals surface area contributed by atoms with Crippen LogP contribution in [0.15, 0.2) is 18.3 Å². The Balaban J connectivity index is 2.02. The van der Waals surface area contributed by atoms with Crippen molar-refractivity contribution in [2.45, 2.75) is 6.42 Å². The van der Waals surface area contributed by atoms with Crippen LogP contribution in [0.1, 0.15) is 5.56 Å². The van der Waals surface area contributed by atoms with Crippen LogP contribution in [0.25, 0.3) is 0 Å². The van der Waals surface area contributed by atoms with Gasteiger partial charge in [-0.05, 0) is 18.1 Å². The van der Waals surface area contributed by atoms with Gasteiger partial charge in [-0.3, -0.25) is 0 Å². The molecule has 4 heteroatoms. The number of nitrogens with one attached hydrogen (secondary N) is 1. The van der Waals surface area contributed by atoms with Crippen molar-refractivity contribution in [3.63, 3.8) is 0 Å². The highest BCUT2D eigenvalue weighted by Gasteiger charge is 2.10. The van der Waals surface area contributed by atoms with E-state index >= 15 is 0 Å². The fourth-order valence-electron chi connectivity index (χ4n) is 1.77. The first-order valence-electron chi connectivity index (χ1n) is 5.41. The van der Waals surface area contributed by atoms with E-state index in [1.165, 1.54) is 0 Å². The lowest BCUT2D eigenvalue weighted by Crippen LogP contribution is -2.43. The number of aromatic nitrogens is 1. The lowest BCUT2D eigenvalue weighted by molar-refractivity contribution is 0.299. The van der Waals surface area contributed by atoms with Gasteiger partial charge in [-0.25, -0.2) is 4.98 Å². The smallest absolute Gasteiger partial charge is 0.128 e. The maximum Gasteiger partial charge on any atom is 0.128 e. The second-order valence-corrected chi connectivity index (χ2v) is 3.74. The van der Waals surface area contributed by atoms with E-state index in [0.29, 0.717) is 6.42 Å². The molecule has 0 aromatic carbocycles. The van der Waals surface area contributed by atoms with Gasteiger partial charge in [0.05, 0.1) is 0 Å². The highest BCUT2D eigenvalue weighted by Crippen LogP contribution is 2.11. The summed E-state index contributed by atoms with van der Waals surface area (Å²) in [7, 11) is 0. The van der Waals surface area contributed by atoms with Crippen molar-refractivity contribution >= 4 is 5.82 Å². The van der Waals surface area contributed by atoms with E-state index in [1.54, 1.807) is 0 Å². The van der Waals surface area contributed by atoms with Gasteiger partial charge in [-0.2, -0.15) is 0 Å². The van der Waals surface area contributed by atoms with Gasteiger partial charge in [0, 0.05) is 39.0 Å². The average molecular weight is 207 g/mol. The van der Waals surface area contributed by atoms with E-state index in [4.69, 9.17) is 5.11 Å². The number of anilines is 1. The minimum atomic E-state index is 0.189. The zero-order valence-corrected chi connectivity index (χ0v) is 8.82. The number of hydrogen-bond acceptors (Lipinski definition) is 4. The predicted molar refractivity (Wildman–Crippen MR) is 60.1 cm³/mol. The summed E-state index contributed by atoms with van der Waals surface area (Å²) in [6.45, 7) is 4.29. The third-order valence-electron chi connectivity index (χ3n) is 2.65. The molecule has 1 aromatic rings. The molecule has 2 heterocycles. The summed E-state index contributed by atoms with van der Waals surface area (Å²) in [6, 6.07) is 4.08. The SMILES string of the molecule is OCCc1ccc(N2CCNCC2)nc1. The highest BCUT2D eigenvalue weighted by molar-refractivity contribution is 5.39. The zero-order valence-electron chi connectivity index (χ0n) is 8.82. The molecular weight excluding hydrogens is 190 g/mol. The Morgan fingerprint density at radius 1 is 1.33 bits per heavy atom.